The highest BCUT2D eigenvalue weighted by Crippen LogP contribution is 2.25. The summed E-state index contributed by atoms with van der Waals surface area (Å²) in [5.41, 5.74) is 4.61. The van der Waals surface area contributed by atoms with Gasteiger partial charge in [0.1, 0.15) is 5.82 Å². The lowest BCUT2D eigenvalue weighted by Crippen LogP contribution is -2.27. The largest absolute Gasteiger partial charge is 0.385 e. The van der Waals surface area contributed by atoms with Crippen LogP contribution in [0.2, 0.25) is 0 Å². The molecule has 2 aromatic carbocycles. The summed E-state index contributed by atoms with van der Waals surface area (Å²) in [5.74, 6) is -0.219. The minimum atomic E-state index is -0.450. The normalized spacial score (nSPS) is 12.2. The Labute approximate surface area is 171 Å². The van der Waals surface area contributed by atoms with Gasteiger partial charge >= 0.3 is 0 Å². The number of hydrogen-bond donors (Lipinski definition) is 2. The lowest BCUT2D eigenvalue weighted by atomic mass is 10.0. The number of carbonyl (C=O) groups excluding carboxylic acids is 1. The average Bonchev–Trinajstić information content (AvgIpc) is 2.69. The van der Waals surface area contributed by atoms with Gasteiger partial charge in [-0.1, -0.05) is 19.9 Å². The van der Waals surface area contributed by atoms with Crippen LogP contribution >= 0.6 is 0 Å². The molecule has 0 aliphatic carbocycles. The third kappa shape index (κ3) is 4.56. The fraction of sp³-hybridized carbons (Fsp3) is 0.333. The van der Waals surface area contributed by atoms with Crippen molar-refractivity contribution in [3.05, 3.63) is 70.7 Å². The van der Waals surface area contributed by atoms with Gasteiger partial charge in [-0.2, -0.15) is 0 Å². The van der Waals surface area contributed by atoms with Gasteiger partial charge in [0.05, 0.1) is 11.6 Å². The van der Waals surface area contributed by atoms with Crippen molar-refractivity contribution in [2.24, 2.45) is 0 Å². The summed E-state index contributed by atoms with van der Waals surface area (Å²) in [5, 5.41) is 6.96. The van der Waals surface area contributed by atoms with Gasteiger partial charge in [0.15, 0.2) is 0 Å². The second-order valence-electron chi connectivity index (χ2n) is 7.71. The van der Waals surface area contributed by atoms with Crippen LogP contribution in [0.5, 0.6) is 0 Å². The molecule has 0 aliphatic rings. The number of benzene rings is 2. The van der Waals surface area contributed by atoms with Gasteiger partial charge < -0.3 is 10.6 Å². The van der Waals surface area contributed by atoms with Gasteiger partial charge in [0.2, 0.25) is 0 Å². The average molecular weight is 394 g/mol. The van der Waals surface area contributed by atoms with E-state index in [9.17, 15) is 9.18 Å². The first-order valence-corrected chi connectivity index (χ1v) is 10.1. The van der Waals surface area contributed by atoms with E-state index in [0.717, 1.165) is 34.4 Å². The molecule has 3 rings (SSSR count). The number of halogens is 1. The predicted molar refractivity (Wildman–Crippen MR) is 117 cm³/mol. The van der Waals surface area contributed by atoms with E-state index in [2.05, 4.69) is 29.5 Å². The zero-order chi connectivity index (χ0) is 21.1. The maximum absolute atomic E-state index is 14.6. The Morgan fingerprint density at radius 3 is 2.55 bits per heavy atom. The highest BCUT2D eigenvalue weighted by Gasteiger charge is 2.17. The van der Waals surface area contributed by atoms with Crippen LogP contribution in [0.25, 0.3) is 10.9 Å². The number of hydrogen-bond acceptors (Lipinski definition) is 3. The van der Waals surface area contributed by atoms with Crippen LogP contribution in [-0.4, -0.2) is 17.4 Å². The summed E-state index contributed by atoms with van der Waals surface area (Å²) in [4.78, 5) is 17.4. The number of nitrogens with one attached hydrogen (secondary N) is 2. The van der Waals surface area contributed by atoms with Gasteiger partial charge in [-0.3, -0.25) is 9.78 Å². The van der Waals surface area contributed by atoms with E-state index in [4.69, 9.17) is 0 Å². The van der Waals surface area contributed by atoms with Crippen molar-refractivity contribution in [1.29, 1.82) is 0 Å². The maximum Gasteiger partial charge on any atom is 0.251 e. The molecule has 152 valence electrons. The van der Waals surface area contributed by atoms with Crippen LogP contribution in [0, 0.1) is 12.7 Å². The standard InChI is InChI=1S/C24H28FN3O/c1-6-26-23-13-20(25)19(11-15(23)4)16(5)27-24(29)18-8-10-22-17(12-18)7-9-21(28-22)14(2)3/h7-14,16,26H,6H2,1-5H3,(H,27,29)/t16-/m1/s1. The van der Waals surface area contributed by atoms with Crippen LogP contribution < -0.4 is 10.6 Å². The molecule has 0 saturated carbocycles. The van der Waals surface area contributed by atoms with Crippen molar-refractivity contribution < 1.29 is 9.18 Å². The number of carbonyl (C=O) groups is 1. The first-order valence-electron chi connectivity index (χ1n) is 10.1. The molecule has 5 heteroatoms. The maximum atomic E-state index is 14.6. The molecule has 0 spiro atoms. The molecule has 0 saturated heterocycles. The molecule has 0 aliphatic heterocycles. The summed E-state index contributed by atoms with van der Waals surface area (Å²) in [6.45, 7) is 10.6. The van der Waals surface area contributed by atoms with Gasteiger partial charge in [-0.25, -0.2) is 4.39 Å². The number of aryl methyl sites for hydroxylation is 1. The number of amides is 1. The van der Waals surface area contributed by atoms with Crippen LogP contribution in [0.1, 0.15) is 66.8 Å². The molecule has 0 fully saturated rings. The Morgan fingerprint density at radius 1 is 1.10 bits per heavy atom. The van der Waals surface area contributed by atoms with Crippen molar-refractivity contribution >= 4 is 22.5 Å². The molecule has 1 amide bonds. The number of rotatable bonds is 6. The highest BCUT2D eigenvalue weighted by atomic mass is 19.1. The summed E-state index contributed by atoms with van der Waals surface area (Å²) >= 11 is 0. The Bertz CT molecular complexity index is 1050. The van der Waals surface area contributed by atoms with E-state index in [1.165, 1.54) is 6.07 Å². The first-order chi connectivity index (χ1) is 13.8. The van der Waals surface area contributed by atoms with Gasteiger partial charge in [0.25, 0.3) is 5.91 Å². The lowest BCUT2D eigenvalue weighted by Gasteiger charge is -2.18. The smallest absolute Gasteiger partial charge is 0.251 e. The summed E-state index contributed by atoms with van der Waals surface area (Å²) in [6.07, 6.45) is 0. The summed E-state index contributed by atoms with van der Waals surface area (Å²) in [7, 11) is 0. The molecule has 3 aromatic rings. The molecular formula is C24H28FN3O. The molecular weight excluding hydrogens is 365 g/mol. The zero-order valence-corrected chi connectivity index (χ0v) is 17.6. The SMILES string of the molecule is CCNc1cc(F)c([C@@H](C)NC(=O)c2ccc3nc(C(C)C)ccc3c2)cc1C. The van der Waals surface area contributed by atoms with Crippen LogP contribution in [0.4, 0.5) is 10.1 Å². The number of aromatic nitrogens is 1. The van der Waals surface area contributed by atoms with Crippen molar-refractivity contribution in [2.75, 3.05) is 11.9 Å². The van der Waals surface area contributed by atoms with Crippen molar-refractivity contribution in [3.8, 4) is 0 Å². The third-order valence-corrected chi connectivity index (χ3v) is 5.09. The molecule has 0 bridgehead atoms. The highest BCUT2D eigenvalue weighted by molar-refractivity contribution is 5.98. The predicted octanol–water partition coefficient (Wildman–Crippen LogP) is 5.73. The van der Waals surface area contributed by atoms with Gasteiger partial charge in [-0.15, -0.1) is 0 Å². The number of nitrogens with zero attached hydrogens (tertiary/aromatic N) is 1. The van der Waals surface area contributed by atoms with Crippen molar-refractivity contribution in [1.82, 2.24) is 10.3 Å². The lowest BCUT2D eigenvalue weighted by molar-refractivity contribution is 0.0939. The van der Waals surface area contributed by atoms with E-state index < -0.39 is 6.04 Å². The Balaban J connectivity index is 1.80. The molecule has 1 heterocycles. The Hall–Kier alpha value is -2.95. The quantitative estimate of drug-likeness (QED) is 0.562. The first kappa shape index (κ1) is 20.8. The Morgan fingerprint density at radius 2 is 1.86 bits per heavy atom. The van der Waals surface area contributed by atoms with E-state index >= 15 is 0 Å². The van der Waals surface area contributed by atoms with Crippen LogP contribution in [-0.2, 0) is 0 Å². The number of fused-ring (bicyclic) bond motifs is 1. The minimum Gasteiger partial charge on any atom is -0.385 e. The molecule has 0 radical (unpaired) electrons. The molecule has 1 aromatic heterocycles. The number of anilines is 1. The van der Waals surface area contributed by atoms with E-state index in [-0.39, 0.29) is 11.7 Å². The second kappa shape index (κ2) is 8.60. The molecule has 0 unspecified atom stereocenters. The second-order valence-corrected chi connectivity index (χ2v) is 7.71. The fourth-order valence-electron chi connectivity index (χ4n) is 3.38. The van der Waals surface area contributed by atoms with Crippen molar-refractivity contribution in [2.45, 2.75) is 46.6 Å². The van der Waals surface area contributed by atoms with Gasteiger partial charge in [-0.05, 0) is 68.7 Å². The third-order valence-electron chi connectivity index (χ3n) is 5.09. The van der Waals surface area contributed by atoms with Crippen molar-refractivity contribution in [3.63, 3.8) is 0 Å². The fourth-order valence-corrected chi connectivity index (χ4v) is 3.38. The zero-order valence-electron chi connectivity index (χ0n) is 17.6. The van der Waals surface area contributed by atoms with Crippen LogP contribution in [0.3, 0.4) is 0 Å². The number of pyridine rings is 1. The molecule has 2 N–H and O–H groups in total. The topological polar surface area (TPSA) is 54.0 Å². The van der Waals surface area contributed by atoms with E-state index in [1.54, 1.807) is 19.1 Å². The summed E-state index contributed by atoms with van der Waals surface area (Å²) < 4.78 is 14.6. The molecule has 4 nitrogen and oxygen atoms in total. The Kier molecular flexibility index (Phi) is 6.16. The molecule has 29 heavy (non-hydrogen) atoms. The molecule has 1 atom stereocenters. The monoisotopic (exact) mass is 393 g/mol. The van der Waals surface area contributed by atoms with Crippen LogP contribution in [0.15, 0.2) is 42.5 Å². The minimum absolute atomic E-state index is 0.236. The summed E-state index contributed by atoms with van der Waals surface area (Å²) in [6, 6.07) is 12.2. The van der Waals surface area contributed by atoms with E-state index in [0.29, 0.717) is 17.0 Å². The van der Waals surface area contributed by atoms with Gasteiger partial charge in [0, 0.05) is 34.4 Å². The van der Waals surface area contributed by atoms with E-state index in [1.807, 2.05) is 38.1 Å².